The molecular weight excluding hydrogens is 414 g/mol. The second kappa shape index (κ2) is 10.1. The Morgan fingerprint density at radius 1 is 0.647 bits per heavy atom. The maximum absolute atomic E-state index is 6.16. The Hall–Kier alpha value is -3.65. The first kappa shape index (κ1) is 22.2. The second-order valence-corrected chi connectivity index (χ2v) is 9.26. The molecule has 4 aromatic rings. The van der Waals surface area contributed by atoms with Crippen molar-refractivity contribution < 1.29 is 4.74 Å². The van der Waals surface area contributed by atoms with E-state index in [0.717, 1.165) is 54.0 Å². The summed E-state index contributed by atoms with van der Waals surface area (Å²) in [6.07, 6.45) is 3.99. The highest BCUT2D eigenvalue weighted by Crippen LogP contribution is 2.30. The molecule has 4 aromatic carbocycles. The molecule has 0 aromatic heterocycles. The Bertz CT molecular complexity index is 1250. The van der Waals surface area contributed by atoms with Gasteiger partial charge in [-0.25, -0.2) is 4.99 Å². The van der Waals surface area contributed by atoms with Crippen molar-refractivity contribution in [3.05, 3.63) is 130 Å². The number of rotatable bonds is 5. The summed E-state index contributed by atoms with van der Waals surface area (Å²) in [6.45, 7) is 4.19. The molecule has 8 rings (SSSR count). The van der Waals surface area contributed by atoms with Crippen LogP contribution < -0.4 is 4.74 Å². The quantitative estimate of drug-likeness (QED) is 0.291. The summed E-state index contributed by atoms with van der Waals surface area (Å²) >= 11 is 0. The number of hydrogen-bond donors (Lipinski definition) is 0. The van der Waals surface area contributed by atoms with Gasteiger partial charge in [0.15, 0.2) is 0 Å². The van der Waals surface area contributed by atoms with Gasteiger partial charge in [0.05, 0.1) is 17.5 Å². The standard InChI is InChI=1S/C32H31NO/c1-23(2)34-31-22-25-14-18-26-17-13-24(15-19-27(31)20-16-25)21-30(26)33-32(28-9-5-3-6-10-28)29-11-7-4-8-12-29/h3-13,16-17,20-23H,14-15,18-19H2,1-2H3. The first-order chi connectivity index (χ1) is 16.7. The average molecular weight is 446 g/mol. The van der Waals surface area contributed by atoms with Crippen LogP contribution in [0.1, 0.15) is 47.2 Å². The fourth-order valence-electron chi connectivity index (χ4n) is 4.57. The lowest BCUT2D eigenvalue weighted by Gasteiger charge is -2.18. The molecule has 2 nitrogen and oxygen atoms in total. The minimum atomic E-state index is 0.176. The van der Waals surface area contributed by atoms with Gasteiger partial charge < -0.3 is 4.74 Å². The number of benzene rings is 4. The van der Waals surface area contributed by atoms with Gasteiger partial charge >= 0.3 is 0 Å². The predicted octanol–water partition coefficient (Wildman–Crippen LogP) is 7.53. The monoisotopic (exact) mass is 445 g/mol. The van der Waals surface area contributed by atoms with Crippen LogP contribution in [0.4, 0.5) is 5.69 Å². The first-order valence-corrected chi connectivity index (χ1v) is 12.3. The molecule has 0 fully saturated rings. The van der Waals surface area contributed by atoms with Crippen LogP contribution in [0.3, 0.4) is 0 Å². The Morgan fingerprint density at radius 3 is 1.82 bits per heavy atom. The Balaban J connectivity index is 1.56. The molecule has 0 N–H and O–H groups in total. The molecule has 4 bridgehead atoms. The molecule has 0 atom stereocenters. The smallest absolute Gasteiger partial charge is 0.123 e. The van der Waals surface area contributed by atoms with Crippen LogP contribution in [-0.4, -0.2) is 11.8 Å². The molecule has 0 saturated carbocycles. The summed E-state index contributed by atoms with van der Waals surface area (Å²) in [5.74, 6) is 1.04. The molecule has 0 aliphatic heterocycles. The number of ether oxygens (including phenoxy) is 1. The summed E-state index contributed by atoms with van der Waals surface area (Å²) in [7, 11) is 0. The van der Waals surface area contributed by atoms with Crippen LogP contribution in [0.15, 0.2) is 102 Å². The molecule has 0 radical (unpaired) electrons. The van der Waals surface area contributed by atoms with Crippen molar-refractivity contribution in [3.8, 4) is 5.75 Å². The van der Waals surface area contributed by atoms with Crippen LogP contribution in [-0.2, 0) is 25.7 Å². The molecule has 0 saturated heterocycles. The minimum absolute atomic E-state index is 0.176. The number of nitrogens with zero attached hydrogens (tertiary/aromatic N) is 1. The van der Waals surface area contributed by atoms with Crippen molar-refractivity contribution in [1.82, 2.24) is 0 Å². The van der Waals surface area contributed by atoms with E-state index >= 15 is 0 Å². The van der Waals surface area contributed by atoms with E-state index in [1.165, 1.54) is 22.3 Å². The van der Waals surface area contributed by atoms with Gasteiger partial charge in [-0.05, 0) is 73.9 Å². The SMILES string of the molecule is CC(C)Oc1cc2ccc1CCc1ccc(c(N=C(c3ccccc3)c3ccccc3)c1)CC2. The molecule has 2 heteroatoms. The maximum atomic E-state index is 6.16. The van der Waals surface area contributed by atoms with E-state index < -0.39 is 0 Å². The second-order valence-electron chi connectivity index (χ2n) is 9.26. The van der Waals surface area contributed by atoms with Crippen LogP contribution >= 0.6 is 0 Å². The van der Waals surface area contributed by atoms with E-state index in [1.807, 2.05) is 0 Å². The Labute approximate surface area is 203 Å². The van der Waals surface area contributed by atoms with E-state index in [2.05, 4.69) is 111 Å². The van der Waals surface area contributed by atoms with Crippen molar-refractivity contribution >= 4 is 11.4 Å². The van der Waals surface area contributed by atoms with Gasteiger partial charge in [-0.1, -0.05) is 84.9 Å². The summed E-state index contributed by atoms with van der Waals surface area (Å²) < 4.78 is 6.16. The summed E-state index contributed by atoms with van der Waals surface area (Å²) in [6, 6.07) is 34.6. The molecule has 4 aliphatic rings. The molecule has 34 heavy (non-hydrogen) atoms. The van der Waals surface area contributed by atoms with E-state index in [-0.39, 0.29) is 6.10 Å². The summed E-state index contributed by atoms with van der Waals surface area (Å²) in [4.78, 5) is 5.30. The zero-order valence-corrected chi connectivity index (χ0v) is 20.0. The van der Waals surface area contributed by atoms with Crippen molar-refractivity contribution in [3.63, 3.8) is 0 Å². The lowest BCUT2D eigenvalue weighted by Crippen LogP contribution is -2.09. The molecule has 4 aliphatic carbocycles. The van der Waals surface area contributed by atoms with Crippen molar-refractivity contribution in [2.45, 2.75) is 45.6 Å². The van der Waals surface area contributed by atoms with Gasteiger partial charge in [-0.2, -0.15) is 0 Å². The predicted molar refractivity (Wildman–Crippen MR) is 142 cm³/mol. The highest BCUT2D eigenvalue weighted by molar-refractivity contribution is 6.14. The fourth-order valence-corrected chi connectivity index (χ4v) is 4.57. The first-order valence-electron chi connectivity index (χ1n) is 12.3. The van der Waals surface area contributed by atoms with Gasteiger partial charge in [0.25, 0.3) is 0 Å². The van der Waals surface area contributed by atoms with E-state index in [1.54, 1.807) is 0 Å². The van der Waals surface area contributed by atoms with Gasteiger partial charge in [0.2, 0.25) is 0 Å². The normalized spacial score (nSPS) is 12.8. The summed E-state index contributed by atoms with van der Waals surface area (Å²) in [5, 5.41) is 0. The fraction of sp³-hybridized carbons (Fsp3) is 0.219. The maximum Gasteiger partial charge on any atom is 0.123 e. The third kappa shape index (κ3) is 5.12. The van der Waals surface area contributed by atoms with Crippen molar-refractivity contribution in [1.29, 1.82) is 0 Å². The minimum Gasteiger partial charge on any atom is -0.491 e. The molecule has 0 spiro atoms. The molecule has 170 valence electrons. The lowest BCUT2D eigenvalue weighted by molar-refractivity contribution is 0.239. The zero-order chi connectivity index (χ0) is 23.3. The van der Waals surface area contributed by atoms with Crippen LogP contribution in [0.2, 0.25) is 0 Å². The summed E-state index contributed by atoms with van der Waals surface area (Å²) in [5.41, 5.74) is 9.54. The number of aryl methyl sites for hydroxylation is 4. The topological polar surface area (TPSA) is 21.6 Å². The molecular formula is C32H31NO. The largest absolute Gasteiger partial charge is 0.491 e. The highest BCUT2D eigenvalue weighted by atomic mass is 16.5. The van der Waals surface area contributed by atoms with Gasteiger partial charge in [0.1, 0.15) is 5.75 Å². The van der Waals surface area contributed by atoms with Crippen LogP contribution in [0, 0.1) is 0 Å². The zero-order valence-electron chi connectivity index (χ0n) is 20.0. The Morgan fingerprint density at radius 2 is 1.21 bits per heavy atom. The van der Waals surface area contributed by atoms with E-state index in [4.69, 9.17) is 9.73 Å². The molecule has 0 unspecified atom stereocenters. The number of aliphatic imine (C=N–C) groups is 1. The van der Waals surface area contributed by atoms with E-state index in [9.17, 15) is 0 Å². The van der Waals surface area contributed by atoms with E-state index in [0.29, 0.717) is 0 Å². The average Bonchev–Trinajstić information content (AvgIpc) is 2.85. The highest BCUT2D eigenvalue weighted by Gasteiger charge is 2.14. The van der Waals surface area contributed by atoms with Crippen molar-refractivity contribution in [2.24, 2.45) is 4.99 Å². The lowest BCUT2D eigenvalue weighted by atomic mass is 9.94. The van der Waals surface area contributed by atoms with Gasteiger partial charge in [0, 0.05) is 11.1 Å². The van der Waals surface area contributed by atoms with Gasteiger partial charge in [-0.15, -0.1) is 0 Å². The van der Waals surface area contributed by atoms with Crippen molar-refractivity contribution in [2.75, 3.05) is 0 Å². The molecule has 0 amide bonds. The molecule has 0 heterocycles. The number of hydrogen-bond acceptors (Lipinski definition) is 2. The Kier molecular flexibility index (Phi) is 6.58. The third-order valence-electron chi connectivity index (χ3n) is 6.34. The third-order valence-corrected chi connectivity index (χ3v) is 6.34. The van der Waals surface area contributed by atoms with Crippen LogP contribution in [0.25, 0.3) is 0 Å². The van der Waals surface area contributed by atoms with Crippen LogP contribution in [0.5, 0.6) is 5.75 Å². The van der Waals surface area contributed by atoms with Gasteiger partial charge in [-0.3, -0.25) is 0 Å².